The van der Waals surface area contributed by atoms with E-state index < -0.39 is 5.82 Å². The molecule has 0 aliphatic rings. The van der Waals surface area contributed by atoms with E-state index in [-0.39, 0.29) is 5.82 Å². The van der Waals surface area contributed by atoms with Gasteiger partial charge in [0.1, 0.15) is 0 Å². The molecule has 0 radical (unpaired) electrons. The standard InChI is InChI=1S/C18H19FN6/c19-16-11-22-18(24-15-7-3-13(10-21)4-8-15)25-17(16)23-14-5-1-12(9-20)2-6-14/h1-8,11H,9-10,20-21H2,(H2,22,23,24,25). The average molecular weight is 338 g/mol. The number of aromatic nitrogens is 2. The van der Waals surface area contributed by atoms with Gasteiger partial charge in [-0.05, 0) is 35.4 Å². The van der Waals surface area contributed by atoms with Crippen LogP contribution >= 0.6 is 0 Å². The molecule has 0 atom stereocenters. The highest BCUT2D eigenvalue weighted by Crippen LogP contribution is 2.21. The van der Waals surface area contributed by atoms with Crippen molar-refractivity contribution in [2.24, 2.45) is 11.5 Å². The number of anilines is 4. The molecule has 0 bridgehead atoms. The lowest BCUT2D eigenvalue weighted by atomic mass is 10.2. The number of hydrogen-bond donors (Lipinski definition) is 4. The summed E-state index contributed by atoms with van der Waals surface area (Å²) < 4.78 is 14.0. The van der Waals surface area contributed by atoms with Crippen molar-refractivity contribution in [1.29, 1.82) is 0 Å². The number of nitrogens with one attached hydrogen (secondary N) is 2. The summed E-state index contributed by atoms with van der Waals surface area (Å²) in [7, 11) is 0. The van der Waals surface area contributed by atoms with Crippen LogP contribution in [0.2, 0.25) is 0 Å². The monoisotopic (exact) mass is 338 g/mol. The molecule has 0 unspecified atom stereocenters. The Labute approximate surface area is 145 Å². The maximum Gasteiger partial charge on any atom is 0.229 e. The molecule has 25 heavy (non-hydrogen) atoms. The van der Waals surface area contributed by atoms with E-state index in [1.807, 2.05) is 48.5 Å². The number of nitrogens with two attached hydrogens (primary N) is 2. The first-order valence-electron chi connectivity index (χ1n) is 7.82. The molecule has 0 saturated heterocycles. The molecule has 0 amide bonds. The summed E-state index contributed by atoms with van der Waals surface area (Å²) in [5.74, 6) is -0.147. The van der Waals surface area contributed by atoms with E-state index >= 15 is 0 Å². The summed E-state index contributed by atoms with van der Waals surface area (Å²) in [6.07, 6.45) is 1.13. The van der Waals surface area contributed by atoms with Crippen molar-refractivity contribution in [3.05, 3.63) is 71.7 Å². The van der Waals surface area contributed by atoms with Crippen LogP contribution in [0.1, 0.15) is 11.1 Å². The van der Waals surface area contributed by atoms with Gasteiger partial charge in [0.15, 0.2) is 11.6 Å². The fourth-order valence-corrected chi connectivity index (χ4v) is 2.23. The van der Waals surface area contributed by atoms with E-state index in [0.29, 0.717) is 24.7 Å². The maximum absolute atomic E-state index is 14.0. The first-order chi connectivity index (χ1) is 12.2. The Kier molecular flexibility index (Phi) is 5.17. The number of nitrogens with zero attached hydrogens (tertiary/aromatic N) is 2. The van der Waals surface area contributed by atoms with Crippen molar-refractivity contribution in [2.45, 2.75) is 13.1 Å². The third-order valence-electron chi connectivity index (χ3n) is 3.64. The Morgan fingerprint density at radius 3 is 1.84 bits per heavy atom. The van der Waals surface area contributed by atoms with E-state index in [0.717, 1.165) is 23.0 Å². The molecule has 1 aromatic heterocycles. The van der Waals surface area contributed by atoms with Gasteiger partial charge in [0.05, 0.1) is 6.20 Å². The third-order valence-corrected chi connectivity index (χ3v) is 3.64. The van der Waals surface area contributed by atoms with Crippen molar-refractivity contribution < 1.29 is 4.39 Å². The zero-order chi connectivity index (χ0) is 17.6. The van der Waals surface area contributed by atoms with Crippen LogP contribution in [0.25, 0.3) is 0 Å². The zero-order valence-corrected chi connectivity index (χ0v) is 13.5. The molecule has 1 heterocycles. The van der Waals surface area contributed by atoms with Gasteiger partial charge in [0.25, 0.3) is 0 Å². The van der Waals surface area contributed by atoms with Crippen LogP contribution in [0.5, 0.6) is 0 Å². The normalized spacial score (nSPS) is 10.5. The molecule has 2 aromatic carbocycles. The molecule has 0 aliphatic heterocycles. The molecule has 3 aromatic rings. The molecule has 128 valence electrons. The van der Waals surface area contributed by atoms with Crippen molar-refractivity contribution in [3.63, 3.8) is 0 Å². The van der Waals surface area contributed by atoms with E-state index in [9.17, 15) is 4.39 Å². The molecule has 0 aliphatic carbocycles. The minimum Gasteiger partial charge on any atom is -0.338 e. The van der Waals surface area contributed by atoms with Gasteiger partial charge in [0.2, 0.25) is 5.95 Å². The molecule has 0 saturated carbocycles. The maximum atomic E-state index is 14.0. The minimum absolute atomic E-state index is 0.0941. The Morgan fingerprint density at radius 2 is 1.32 bits per heavy atom. The van der Waals surface area contributed by atoms with Crippen molar-refractivity contribution in [3.8, 4) is 0 Å². The molecule has 0 spiro atoms. The summed E-state index contributed by atoms with van der Waals surface area (Å²) in [6, 6.07) is 14.9. The fraction of sp³-hybridized carbons (Fsp3) is 0.111. The fourth-order valence-electron chi connectivity index (χ4n) is 2.23. The van der Waals surface area contributed by atoms with E-state index in [2.05, 4.69) is 20.6 Å². The van der Waals surface area contributed by atoms with E-state index in [1.165, 1.54) is 0 Å². The lowest BCUT2D eigenvalue weighted by molar-refractivity contribution is 0.619. The van der Waals surface area contributed by atoms with Gasteiger partial charge < -0.3 is 22.1 Å². The van der Waals surface area contributed by atoms with Gasteiger partial charge in [-0.1, -0.05) is 24.3 Å². The summed E-state index contributed by atoms with van der Waals surface area (Å²) >= 11 is 0. The Balaban J connectivity index is 1.76. The van der Waals surface area contributed by atoms with Crippen LogP contribution < -0.4 is 22.1 Å². The molecule has 7 heteroatoms. The summed E-state index contributed by atoms with van der Waals surface area (Å²) in [5.41, 5.74) is 14.7. The Bertz CT molecular complexity index is 833. The topological polar surface area (TPSA) is 102 Å². The van der Waals surface area contributed by atoms with Crippen molar-refractivity contribution in [2.75, 3.05) is 10.6 Å². The second-order valence-corrected chi connectivity index (χ2v) is 5.44. The van der Waals surface area contributed by atoms with Crippen LogP contribution in [0.3, 0.4) is 0 Å². The molecular weight excluding hydrogens is 319 g/mol. The number of rotatable bonds is 6. The quantitative estimate of drug-likeness (QED) is 0.551. The van der Waals surface area contributed by atoms with Crippen LogP contribution in [-0.4, -0.2) is 9.97 Å². The van der Waals surface area contributed by atoms with Crippen molar-refractivity contribution in [1.82, 2.24) is 9.97 Å². The predicted octanol–water partition coefficient (Wildman–Crippen LogP) is 3.02. The van der Waals surface area contributed by atoms with Gasteiger partial charge >= 0.3 is 0 Å². The zero-order valence-electron chi connectivity index (χ0n) is 13.5. The van der Waals surface area contributed by atoms with Gasteiger partial charge in [-0.15, -0.1) is 0 Å². The first kappa shape index (κ1) is 16.8. The van der Waals surface area contributed by atoms with Crippen molar-refractivity contribution >= 4 is 23.1 Å². The number of hydrogen-bond acceptors (Lipinski definition) is 6. The molecule has 6 N–H and O–H groups in total. The minimum atomic E-state index is -0.535. The van der Waals surface area contributed by atoms with Crippen LogP contribution in [0, 0.1) is 5.82 Å². The van der Waals surface area contributed by atoms with Gasteiger partial charge in [-0.25, -0.2) is 9.37 Å². The largest absolute Gasteiger partial charge is 0.338 e. The Morgan fingerprint density at radius 1 is 0.800 bits per heavy atom. The second-order valence-electron chi connectivity index (χ2n) is 5.44. The highest BCUT2D eigenvalue weighted by molar-refractivity contribution is 5.60. The summed E-state index contributed by atoms with van der Waals surface area (Å²) in [5, 5.41) is 5.99. The van der Waals surface area contributed by atoms with Gasteiger partial charge in [-0.2, -0.15) is 4.98 Å². The Hall–Kier alpha value is -3.03. The first-order valence-corrected chi connectivity index (χ1v) is 7.82. The number of halogens is 1. The predicted molar refractivity (Wildman–Crippen MR) is 97.2 cm³/mol. The van der Waals surface area contributed by atoms with Gasteiger partial charge in [-0.3, -0.25) is 0 Å². The third kappa shape index (κ3) is 4.28. The SMILES string of the molecule is NCc1ccc(Nc2ncc(F)c(Nc3ccc(CN)cc3)n2)cc1. The second kappa shape index (κ2) is 7.69. The molecule has 6 nitrogen and oxygen atoms in total. The van der Waals surface area contributed by atoms with E-state index in [4.69, 9.17) is 11.5 Å². The lowest BCUT2D eigenvalue weighted by Gasteiger charge is -2.10. The van der Waals surface area contributed by atoms with Crippen LogP contribution in [0.4, 0.5) is 27.5 Å². The average Bonchev–Trinajstić information content (AvgIpc) is 2.66. The molecule has 3 rings (SSSR count). The molecule has 0 fully saturated rings. The highest BCUT2D eigenvalue weighted by Gasteiger charge is 2.08. The van der Waals surface area contributed by atoms with Crippen LogP contribution in [-0.2, 0) is 13.1 Å². The van der Waals surface area contributed by atoms with Crippen LogP contribution in [0.15, 0.2) is 54.7 Å². The number of benzene rings is 2. The smallest absolute Gasteiger partial charge is 0.229 e. The molecular formula is C18H19FN6. The van der Waals surface area contributed by atoms with Gasteiger partial charge in [0, 0.05) is 24.5 Å². The van der Waals surface area contributed by atoms with E-state index in [1.54, 1.807) is 0 Å². The summed E-state index contributed by atoms with van der Waals surface area (Å²) in [6.45, 7) is 0.934. The summed E-state index contributed by atoms with van der Waals surface area (Å²) in [4.78, 5) is 8.16. The highest BCUT2D eigenvalue weighted by atomic mass is 19.1. The lowest BCUT2D eigenvalue weighted by Crippen LogP contribution is -2.04.